The first kappa shape index (κ1) is 25.0. The fourth-order valence-corrected chi connectivity index (χ4v) is 4.70. The first-order chi connectivity index (χ1) is 15.4. The second-order valence-electron chi connectivity index (χ2n) is 8.44. The van der Waals surface area contributed by atoms with E-state index in [1.807, 2.05) is 43.4 Å². The molecule has 7 heteroatoms. The molecule has 1 fully saturated rings. The van der Waals surface area contributed by atoms with Gasteiger partial charge in [-0.05, 0) is 60.9 Å². The molecule has 0 aliphatic carbocycles. The molecular weight excluding hydrogens is 443 g/mol. The second-order valence-corrected chi connectivity index (χ2v) is 9.25. The van der Waals surface area contributed by atoms with E-state index >= 15 is 0 Å². The van der Waals surface area contributed by atoms with Gasteiger partial charge in [-0.1, -0.05) is 54.4 Å². The van der Waals surface area contributed by atoms with Crippen LogP contribution in [0.4, 0.5) is 0 Å². The Hall–Kier alpha value is -1.63. The highest BCUT2D eigenvalue weighted by Gasteiger charge is 2.26. The van der Waals surface area contributed by atoms with Crippen molar-refractivity contribution in [2.75, 3.05) is 33.2 Å². The quantitative estimate of drug-likeness (QED) is 0.548. The molecule has 5 nitrogen and oxygen atoms in total. The molecule has 3 N–H and O–H groups in total. The van der Waals surface area contributed by atoms with Crippen LogP contribution in [0.1, 0.15) is 53.6 Å². The highest BCUT2D eigenvalue weighted by Crippen LogP contribution is 2.31. The summed E-state index contributed by atoms with van der Waals surface area (Å²) in [4.78, 5) is 13.4. The summed E-state index contributed by atoms with van der Waals surface area (Å²) in [6, 6.07) is 14.2. The zero-order valence-electron chi connectivity index (χ0n) is 19.0. The Balaban J connectivity index is 1.71. The van der Waals surface area contributed by atoms with E-state index in [2.05, 4.69) is 23.3 Å². The van der Waals surface area contributed by atoms with Crippen molar-refractivity contribution in [3.05, 3.63) is 69.2 Å². The zero-order valence-corrected chi connectivity index (χ0v) is 20.5. The van der Waals surface area contributed by atoms with Crippen LogP contribution < -0.4 is 11.1 Å². The monoisotopic (exact) mass is 476 g/mol. The van der Waals surface area contributed by atoms with E-state index in [0.717, 1.165) is 62.0 Å². The summed E-state index contributed by atoms with van der Waals surface area (Å²) in [5, 5.41) is 8.54. The number of hydrogen-bond acceptors (Lipinski definition) is 4. The fraction of sp³-hybridized carbons (Fsp3) is 0.480. The topological polar surface area (TPSA) is 61.6 Å². The standard InChI is InChI=1S/C25H34Cl2N4O/c1-3-18(19-8-9-23(26)24(27)17-19)16-20-6-4-5-7-22(20)25(32)30(2)31-14-10-21(11-15-31)29-13-12-28/h4-9,17-18,21,29H,3,10-16,28H2,1-2H3. The molecule has 1 saturated heterocycles. The summed E-state index contributed by atoms with van der Waals surface area (Å²) < 4.78 is 0. The number of rotatable bonds is 9. The lowest BCUT2D eigenvalue weighted by Gasteiger charge is -2.38. The summed E-state index contributed by atoms with van der Waals surface area (Å²) in [5.41, 5.74) is 8.56. The summed E-state index contributed by atoms with van der Waals surface area (Å²) >= 11 is 12.4. The number of hydrazine groups is 1. The number of nitrogens with two attached hydrogens (primary N) is 1. The van der Waals surface area contributed by atoms with Gasteiger partial charge in [0.05, 0.1) is 10.0 Å². The lowest BCUT2D eigenvalue weighted by atomic mass is 9.88. The van der Waals surface area contributed by atoms with Crippen LogP contribution in [-0.4, -0.2) is 55.2 Å². The summed E-state index contributed by atoms with van der Waals surface area (Å²) in [6.45, 7) is 5.36. The second kappa shape index (κ2) is 12.0. The molecule has 1 atom stereocenters. The van der Waals surface area contributed by atoms with Crippen molar-refractivity contribution in [1.82, 2.24) is 15.3 Å². The number of carbonyl (C=O) groups is 1. The van der Waals surface area contributed by atoms with Crippen molar-refractivity contribution in [3.8, 4) is 0 Å². The third kappa shape index (κ3) is 6.24. The number of nitrogens with one attached hydrogen (secondary N) is 1. The Bertz CT molecular complexity index is 899. The summed E-state index contributed by atoms with van der Waals surface area (Å²) in [6.07, 6.45) is 3.73. The Labute approximate surface area is 201 Å². The highest BCUT2D eigenvalue weighted by atomic mass is 35.5. The molecule has 3 rings (SSSR count). The Morgan fingerprint density at radius 1 is 1.19 bits per heavy atom. The normalized spacial score (nSPS) is 16.2. The lowest BCUT2D eigenvalue weighted by Crippen LogP contribution is -2.51. The van der Waals surface area contributed by atoms with E-state index < -0.39 is 0 Å². The van der Waals surface area contributed by atoms with E-state index in [0.29, 0.717) is 22.6 Å². The van der Waals surface area contributed by atoms with Gasteiger partial charge in [-0.3, -0.25) is 9.80 Å². The van der Waals surface area contributed by atoms with Crippen molar-refractivity contribution < 1.29 is 4.79 Å². The smallest absolute Gasteiger partial charge is 0.268 e. The van der Waals surface area contributed by atoms with Crippen molar-refractivity contribution in [2.24, 2.45) is 5.73 Å². The summed E-state index contributed by atoms with van der Waals surface area (Å²) in [7, 11) is 1.88. The number of benzene rings is 2. The minimum Gasteiger partial charge on any atom is -0.329 e. The van der Waals surface area contributed by atoms with Crippen LogP contribution in [0.3, 0.4) is 0 Å². The van der Waals surface area contributed by atoms with E-state index in [-0.39, 0.29) is 11.8 Å². The lowest BCUT2D eigenvalue weighted by molar-refractivity contribution is -0.00999. The summed E-state index contributed by atoms with van der Waals surface area (Å²) in [5.74, 6) is 0.298. The number of halogens is 2. The van der Waals surface area contributed by atoms with E-state index in [1.165, 1.54) is 0 Å². The van der Waals surface area contributed by atoms with Gasteiger partial charge in [-0.15, -0.1) is 0 Å². The van der Waals surface area contributed by atoms with Crippen LogP contribution in [0, 0.1) is 0 Å². The molecule has 1 aliphatic heterocycles. The average molecular weight is 477 g/mol. The predicted octanol–water partition coefficient (Wildman–Crippen LogP) is 4.73. The molecule has 1 amide bonds. The van der Waals surface area contributed by atoms with Gasteiger partial charge < -0.3 is 11.1 Å². The Kier molecular flexibility index (Phi) is 9.38. The van der Waals surface area contributed by atoms with Crippen LogP contribution in [-0.2, 0) is 6.42 Å². The number of piperidine rings is 1. The van der Waals surface area contributed by atoms with Crippen molar-refractivity contribution in [2.45, 2.75) is 44.6 Å². The molecule has 32 heavy (non-hydrogen) atoms. The SMILES string of the molecule is CCC(Cc1ccccc1C(=O)N(C)N1CCC(NCCN)CC1)c1ccc(Cl)c(Cl)c1. The van der Waals surface area contributed by atoms with Crippen LogP contribution >= 0.6 is 23.2 Å². The maximum atomic E-state index is 13.4. The van der Waals surface area contributed by atoms with Gasteiger partial charge in [-0.25, -0.2) is 5.01 Å². The average Bonchev–Trinajstić information content (AvgIpc) is 2.82. The molecule has 1 heterocycles. The molecule has 1 aliphatic rings. The van der Waals surface area contributed by atoms with E-state index in [4.69, 9.17) is 28.9 Å². The third-order valence-corrected chi connectivity index (χ3v) is 7.13. The van der Waals surface area contributed by atoms with Crippen LogP contribution in [0.15, 0.2) is 42.5 Å². The largest absolute Gasteiger partial charge is 0.329 e. The van der Waals surface area contributed by atoms with Crippen molar-refractivity contribution in [1.29, 1.82) is 0 Å². The first-order valence-corrected chi connectivity index (χ1v) is 12.2. The number of nitrogens with zero attached hydrogens (tertiary/aromatic N) is 2. The van der Waals surface area contributed by atoms with Crippen LogP contribution in [0.2, 0.25) is 10.0 Å². The maximum Gasteiger partial charge on any atom is 0.268 e. The van der Waals surface area contributed by atoms with Crippen molar-refractivity contribution in [3.63, 3.8) is 0 Å². The molecule has 174 valence electrons. The Morgan fingerprint density at radius 3 is 2.56 bits per heavy atom. The molecule has 2 aromatic rings. The molecule has 1 unspecified atom stereocenters. The van der Waals surface area contributed by atoms with Gasteiger partial charge >= 0.3 is 0 Å². The van der Waals surface area contributed by atoms with Gasteiger partial charge in [0.1, 0.15) is 0 Å². The van der Waals surface area contributed by atoms with Crippen LogP contribution in [0.5, 0.6) is 0 Å². The fourth-order valence-electron chi connectivity index (χ4n) is 4.40. The predicted molar refractivity (Wildman–Crippen MR) is 133 cm³/mol. The zero-order chi connectivity index (χ0) is 23.1. The van der Waals surface area contributed by atoms with E-state index in [9.17, 15) is 4.79 Å². The number of carbonyl (C=O) groups excluding carboxylic acids is 1. The maximum absolute atomic E-state index is 13.4. The first-order valence-electron chi connectivity index (χ1n) is 11.4. The molecule has 2 aromatic carbocycles. The molecular formula is C25H34Cl2N4O. The molecule has 0 radical (unpaired) electrons. The molecule has 0 spiro atoms. The minimum atomic E-state index is 0.0398. The van der Waals surface area contributed by atoms with Gasteiger partial charge in [0.15, 0.2) is 0 Å². The van der Waals surface area contributed by atoms with E-state index in [1.54, 1.807) is 5.01 Å². The molecule has 0 bridgehead atoms. The minimum absolute atomic E-state index is 0.0398. The van der Waals surface area contributed by atoms with Gasteiger partial charge in [-0.2, -0.15) is 0 Å². The molecule has 0 saturated carbocycles. The van der Waals surface area contributed by atoms with Gasteiger partial charge in [0.2, 0.25) is 0 Å². The van der Waals surface area contributed by atoms with Crippen molar-refractivity contribution >= 4 is 29.1 Å². The number of amides is 1. The third-order valence-electron chi connectivity index (χ3n) is 6.39. The number of hydrogen-bond donors (Lipinski definition) is 2. The highest BCUT2D eigenvalue weighted by molar-refractivity contribution is 6.42. The van der Waals surface area contributed by atoms with Gasteiger partial charge in [0.25, 0.3) is 5.91 Å². The van der Waals surface area contributed by atoms with Gasteiger partial charge in [0, 0.05) is 44.8 Å². The molecule has 0 aromatic heterocycles. The van der Waals surface area contributed by atoms with Crippen LogP contribution in [0.25, 0.3) is 0 Å². The Morgan fingerprint density at radius 2 is 1.91 bits per heavy atom.